The second-order valence-electron chi connectivity index (χ2n) is 6.00. The highest BCUT2D eigenvalue weighted by Gasteiger charge is 2.34. The van der Waals surface area contributed by atoms with Gasteiger partial charge in [0.05, 0.1) is 18.2 Å². The van der Waals surface area contributed by atoms with E-state index in [1.165, 1.54) is 32.1 Å². The van der Waals surface area contributed by atoms with E-state index in [2.05, 4.69) is 5.10 Å². The van der Waals surface area contributed by atoms with Crippen molar-refractivity contribution in [3.63, 3.8) is 0 Å². The maximum atomic E-state index is 11.9. The lowest BCUT2D eigenvalue weighted by Crippen LogP contribution is -2.24. The third-order valence-corrected chi connectivity index (χ3v) is 4.37. The van der Waals surface area contributed by atoms with Crippen LogP contribution < -0.4 is 0 Å². The van der Waals surface area contributed by atoms with Gasteiger partial charge in [0.2, 0.25) is 0 Å². The predicted molar refractivity (Wildman–Crippen MR) is 71.8 cm³/mol. The molecule has 4 heteroatoms. The number of aliphatic hydroxyl groups excluding tert-OH is 1. The molecule has 2 saturated carbocycles. The first kappa shape index (κ1) is 12.9. The number of carbonyl (C=O) groups excluding carboxylic acids is 1. The molecule has 0 amide bonds. The maximum Gasteiger partial charge on any atom is 0.167 e. The van der Waals surface area contributed by atoms with Gasteiger partial charge in [0, 0.05) is 6.20 Å². The molecule has 0 aliphatic heterocycles. The Morgan fingerprint density at radius 2 is 2.05 bits per heavy atom. The number of carbonyl (C=O) groups is 1. The number of nitrogens with zero attached hydrogens (tertiary/aromatic N) is 2. The van der Waals surface area contributed by atoms with Gasteiger partial charge in [-0.3, -0.25) is 9.48 Å². The lowest BCUT2D eigenvalue weighted by molar-refractivity contribution is -0.127. The first-order valence-corrected chi connectivity index (χ1v) is 7.49. The van der Waals surface area contributed by atoms with Crippen molar-refractivity contribution in [1.82, 2.24) is 9.78 Å². The summed E-state index contributed by atoms with van der Waals surface area (Å²) in [6.07, 6.45) is 9.75. The number of aliphatic hydroxyl groups is 1. The summed E-state index contributed by atoms with van der Waals surface area (Å²) in [5, 5.41) is 14.3. The topological polar surface area (TPSA) is 55.1 Å². The zero-order chi connectivity index (χ0) is 13.2. The highest BCUT2D eigenvalue weighted by atomic mass is 16.3. The zero-order valence-electron chi connectivity index (χ0n) is 11.3. The van der Waals surface area contributed by atoms with Crippen LogP contribution >= 0.6 is 0 Å². The molecular formula is C15H22N2O2. The lowest BCUT2D eigenvalue weighted by atomic mass is 9.96. The average molecular weight is 262 g/mol. The van der Waals surface area contributed by atoms with Crippen LogP contribution in [0.2, 0.25) is 0 Å². The van der Waals surface area contributed by atoms with Crippen LogP contribution in [-0.2, 0) is 11.2 Å². The minimum absolute atomic E-state index is 0.0728. The summed E-state index contributed by atoms with van der Waals surface area (Å²) in [5.41, 5.74) is 0.801. The number of hydrogen-bond acceptors (Lipinski definition) is 3. The van der Waals surface area contributed by atoms with E-state index in [1.807, 2.05) is 16.9 Å². The summed E-state index contributed by atoms with van der Waals surface area (Å²) >= 11 is 0. The molecule has 19 heavy (non-hydrogen) atoms. The monoisotopic (exact) mass is 262 g/mol. The molecule has 0 spiro atoms. The third-order valence-electron chi connectivity index (χ3n) is 4.37. The fourth-order valence-corrected chi connectivity index (χ4v) is 2.98. The Balaban J connectivity index is 1.59. The molecule has 3 rings (SSSR count). The Morgan fingerprint density at radius 3 is 2.74 bits per heavy atom. The highest BCUT2D eigenvalue weighted by Crippen LogP contribution is 2.33. The molecular weight excluding hydrogens is 240 g/mol. The Kier molecular flexibility index (Phi) is 3.69. The smallest absolute Gasteiger partial charge is 0.167 e. The van der Waals surface area contributed by atoms with Crippen LogP contribution in [0, 0.1) is 5.92 Å². The van der Waals surface area contributed by atoms with Crippen molar-refractivity contribution in [3.8, 4) is 0 Å². The van der Waals surface area contributed by atoms with Crippen LogP contribution in [0.15, 0.2) is 12.3 Å². The second kappa shape index (κ2) is 5.45. The van der Waals surface area contributed by atoms with E-state index in [0.29, 0.717) is 6.04 Å². The van der Waals surface area contributed by atoms with Crippen molar-refractivity contribution < 1.29 is 9.90 Å². The van der Waals surface area contributed by atoms with E-state index >= 15 is 0 Å². The van der Waals surface area contributed by atoms with Crippen molar-refractivity contribution >= 4 is 5.78 Å². The fraction of sp³-hybridized carbons (Fsp3) is 0.733. The van der Waals surface area contributed by atoms with Crippen LogP contribution in [0.1, 0.15) is 56.7 Å². The van der Waals surface area contributed by atoms with Gasteiger partial charge in [-0.1, -0.05) is 19.3 Å². The van der Waals surface area contributed by atoms with Gasteiger partial charge in [-0.15, -0.1) is 0 Å². The van der Waals surface area contributed by atoms with Crippen molar-refractivity contribution in [2.75, 3.05) is 0 Å². The molecule has 1 unspecified atom stereocenters. The Bertz CT molecular complexity index is 445. The molecule has 1 N–H and O–H groups in total. The summed E-state index contributed by atoms with van der Waals surface area (Å²) in [5.74, 6) is 0.143. The summed E-state index contributed by atoms with van der Waals surface area (Å²) in [6, 6.07) is 2.43. The van der Waals surface area contributed by atoms with E-state index in [-0.39, 0.29) is 18.1 Å². The fourth-order valence-electron chi connectivity index (χ4n) is 2.98. The summed E-state index contributed by atoms with van der Waals surface area (Å²) in [7, 11) is 0. The summed E-state index contributed by atoms with van der Waals surface area (Å²) in [6.45, 7) is 0. The molecule has 2 aliphatic carbocycles. The molecule has 1 heterocycles. The molecule has 1 aromatic rings. The number of Topliss-reactive ketones (excluding diaryl/α,β-unsaturated/α-hetero) is 1. The molecule has 2 aliphatic rings. The maximum absolute atomic E-state index is 11.9. The number of rotatable bonds is 5. The molecule has 104 valence electrons. The van der Waals surface area contributed by atoms with E-state index < -0.39 is 6.10 Å². The van der Waals surface area contributed by atoms with E-state index in [9.17, 15) is 9.90 Å². The van der Waals surface area contributed by atoms with Gasteiger partial charge in [-0.05, 0) is 37.7 Å². The lowest BCUT2D eigenvalue weighted by Gasteiger charge is -2.21. The van der Waals surface area contributed by atoms with Crippen LogP contribution in [0.3, 0.4) is 0 Å². The van der Waals surface area contributed by atoms with Crippen LogP contribution in [-0.4, -0.2) is 26.8 Å². The summed E-state index contributed by atoms with van der Waals surface area (Å²) in [4.78, 5) is 11.9. The number of hydrogen-bond donors (Lipinski definition) is 1. The van der Waals surface area contributed by atoms with Crippen LogP contribution in [0.4, 0.5) is 0 Å². The summed E-state index contributed by atoms with van der Waals surface area (Å²) < 4.78 is 2.02. The van der Waals surface area contributed by atoms with Gasteiger partial charge < -0.3 is 5.11 Å². The number of aromatic nitrogens is 2. The SMILES string of the molecule is O=C(Cc1ccn(C2CCCCC2)n1)C(O)C1CC1. The van der Waals surface area contributed by atoms with Crippen molar-refractivity contribution in [2.24, 2.45) is 5.92 Å². The second-order valence-corrected chi connectivity index (χ2v) is 6.00. The standard InChI is InChI=1S/C15H22N2O2/c18-14(15(19)11-6-7-11)10-12-8-9-17(16-12)13-4-2-1-3-5-13/h8-9,11,13,15,19H,1-7,10H2. The first-order valence-electron chi connectivity index (χ1n) is 7.49. The Labute approximate surface area is 113 Å². The van der Waals surface area contributed by atoms with Gasteiger partial charge in [-0.25, -0.2) is 0 Å². The minimum Gasteiger partial charge on any atom is -0.385 e. The molecule has 4 nitrogen and oxygen atoms in total. The quantitative estimate of drug-likeness (QED) is 0.885. The van der Waals surface area contributed by atoms with E-state index in [0.717, 1.165) is 18.5 Å². The van der Waals surface area contributed by atoms with Crippen molar-refractivity contribution in [3.05, 3.63) is 18.0 Å². The molecule has 0 bridgehead atoms. The normalized spacial score (nSPS) is 22.4. The minimum atomic E-state index is -0.764. The molecule has 0 aromatic carbocycles. The molecule has 0 radical (unpaired) electrons. The molecule has 1 atom stereocenters. The largest absolute Gasteiger partial charge is 0.385 e. The van der Waals surface area contributed by atoms with Gasteiger partial charge in [-0.2, -0.15) is 5.10 Å². The van der Waals surface area contributed by atoms with E-state index in [4.69, 9.17) is 0 Å². The van der Waals surface area contributed by atoms with Gasteiger partial charge >= 0.3 is 0 Å². The van der Waals surface area contributed by atoms with Gasteiger partial charge in [0.15, 0.2) is 5.78 Å². The third kappa shape index (κ3) is 3.06. The van der Waals surface area contributed by atoms with Gasteiger partial charge in [0.25, 0.3) is 0 Å². The van der Waals surface area contributed by atoms with Crippen LogP contribution in [0.5, 0.6) is 0 Å². The van der Waals surface area contributed by atoms with Crippen LogP contribution in [0.25, 0.3) is 0 Å². The van der Waals surface area contributed by atoms with E-state index in [1.54, 1.807) is 0 Å². The Morgan fingerprint density at radius 1 is 1.32 bits per heavy atom. The molecule has 2 fully saturated rings. The predicted octanol–water partition coefficient (Wildman–Crippen LogP) is 2.27. The van der Waals surface area contributed by atoms with Crippen molar-refractivity contribution in [1.29, 1.82) is 0 Å². The first-order chi connectivity index (χ1) is 9.24. The zero-order valence-corrected chi connectivity index (χ0v) is 11.3. The van der Waals surface area contributed by atoms with Crippen molar-refractivity contribution in [2.45, 2.75) is 63.5 Å². The number of ketones is 1. The Hall–Kier alpha value is -1.16. The highest BCUT2D eigenvalue weighted by molar-refractivity contribution is 5.85. The molecule has 0 saturated heterocycles. The average Bonchev–Trinajstić information content (AvgIpc) is 3.19. The van der Waals surface area contributed by atoms with Gasteiger partial charge in [0.1, 0.15) is 6.10 Å². The molecule has 1 aromatic heterocycles.